The SMILES string of the molecule is Cc1noc(C)c1COc1ccc(C(=O)NCc2nc3ccccc3[nH]2)cc1. The molecule has 1 amide bonds. The lowest BCUT2D eigenvalue weighted by atomic mass is 10.2. The summed E-state index contributed by atoms with van der Waals surface area (Å²) in [6, 6.07) is 14.8. The van der Waals surface area contributed by atoms with Crippen LogP contribution in [0.1, 0.15) is 33.2 Å². The van der Waals surface area contributed by atoms with Gasteiger partial charge in [0.1, 0.15) is 23.9 Å². The monoisotopic (exact) mass is 376 g/mol. The molecule has 4 aromatic rings. The molecule has 0 aliphatic rings. The van der Waals surface area contributed by atoms with E-state index in [4.69, 9.17) is 9.26 Å². The van der Waals surface area contributed by atoms with Crippen molar-refractivity contribution in [2.75, 3.05) is 0 Å². The van der Waals surface area contributed by atoms with Crippen LogP contribution in [0.15, 0.2) is 53.1 Å². The summed E-state index contributed by atoms with van der Waals surface area (Å²) in [7, 11) is 0. The highest BCUT2D eigenvalue weighted by atomic mass is 16.5. The number of amides is 1. The van der Waals surface area contributed by atoms with Crippen LogP contribution in [0, 0.1) is 13.8 Å². The number of fused-ring (bicyclic) bond motifs is 1. The molecule has 2 aromatic heterocycles. The number of H-pyrrole nitrogens is 1. The van der Waals surface area contributed by atoms with Crippen molar-refractivity contribution in [1.29, 1.82) is 0 Å². The van der Waals surface area contributed by atoms with Crippen LogP contribution in [0.4, 0.5) is 0 Å². The summed E-state index contributed by atoms with van der Waals surface area (Å²) in [5.41, 5.74) is 4.14. The lowest BCUT2D eigenvalue weighted by Gasteiger charge is -2.07. The molecule has 0 saturated heterocycles. The summed E-state index contributed by atoms with van der Waals surface area (Å²) in [4.78, 5) is 20.0. The Morgan fingerprint density at radius 3 is 2.64 bits per heavy atom. The summed E-state index contributed by atoms with van der Waals surface area (Å²) in [6.07, 6.45) is 0. The Bertz CT molecular complexity index is 1060. The first-order valence-electron chi connectivity index (χ1n) is 8.96. The van der Waals surface area contributed by atoms with Gasteiger partial charge in [-0.1, -0.05) is 17.3 Å². The molecule has 0 atom stereocenters. The molecule has 4 rings (SSSR count). The topological polar surface area (TPSA) is 93.0 Å². The number of nitrogens with one attached hydrogen (secondary N) is 2. The molecule has 0 saturated carbocycles. The minimum Gasteiger partial charge on any atom is -0.489 e. The number of hydrogen-bond acceptors (Lipinski definition) is 5. The van der Waals surface area contributed by atoms with Gasteiger partial charge in [-0.05, 0) is 50.2 Å². The van der Waals surface area contributed by atoms with Crippen LogP contribution < -0.4 is 10.1 Å². The number of carbonyl (C=O) groups is 1. The molecule has 7 nitrogen and oxygen atoms in total. The molecule has 7 heteroatoms. The summed E-state index contributed by atoms with van der Waals surface area (Å²) in [6.45, 7) is 4.44. The van der Waals surface area contributed by atoms with Crippen LogP contribution in [0.3, 0.4) is 0 Å². The molecule has 2 heterocycles. The molecule has 0 spiro atoms. The maximum Gasteiger partial charge on any atom is 0.251 e. The number of aromatic nitrogens is 3. The number of hydrogen-bond donors (Lipinski definition) is 2. The Kier molecular flexibility index (Phi) is 4.80. The quantitative estimate of drug-likeness (QED) is 0.535. The zero-order valence-corrected chi connectivity index (χ0v) is 15.7. The molecular formula is C21H20N4O3. The van der Waals surface area contributed by atoms with E-state index in [2.05, 4.69) is 20.4 Å². The molecule has 0 radical (unpaired) electrons. The van der Waals surface area contributed by atoms with Gasteiger partial charge in [0.2, 0.25) is 0 Å². The van der Waals surface area contributed by atoms with E-state index in [-0.39, 0.29) is 5.91 Å². The van der Waals surface area contributed by atoms with Gasteiger partial charge in [0.25, 0.3) is 5.91 Å². The van der Waals surface area contributed by atoms with Crippen molar-refractivity contribution in [2.45, 2.75) is 27.0 Å². The van der Waals surface area contributed by atoms with Crippen LogP contribution in [-0.4, -0.2) is 21.0 Å². The molecular weight excluding hydrogens is 356 g/mol. The van der Waals surface area contributed by atoms with Gasteiger partial charge in [-0.3, -0.25) is 4.79 Å². The van der Waals surface area contributed by atoms with Crippen LogP contribution in [0.25, 0.3) is 11.0 Å². The third kappa shape index (κ3) is 3.73. The van der Waals surface area contributed by atoms with E-state index in [0.717, 1.165) is 28.1 Å². The standard InChI is InChI=1S/C21H20N4O3/c1-13-17(14(2)28-25-13)12-27-16-9-7-15(8-10-16)21(26)22-11-20-23-18-5-3-4-6-19(18)24-20/h3-10H,11-12H2,1-2H3,(H,22,26)(H,23,24). The van der Waals surface area contributed by atoms with Gasteiger partial charge in [0, 0.05) is 5.56 Å². The number of aromatic amines is 1. The third-order valence-electron chi connectivity index (χ3n) is 4.54. The number of rotatable bonds is 6. The Hall–Kier alpha value is -3.61. The van der Waals surface area contributed by atoms with E-state index in [1.807, 2.05) is 38.1 Å². The second kappa shape index (κ2) is 7.56. The van der Waals surface area contributed by atoms with Crippen LogP contribution >= 0.6 is 0 Å². The summed E-state index contributed by atoms with van der Waals surface area (Å²) < 4.78 is 10.9. The largest absolute Gasteiger partial charge is 0.489 e. The number of benzene rings is 2. The lowest BCUT2D eigenvalue weighted by Crippen LogP contribution is -2.23. The fourth-order valence-corrected chi connectivity index (χ4v) is 2.92. The van der Waals surface area contributed by atoms with Gasteiger partial charge in [-0.25, -0.2) is 4.98 Å². The summed E-state index contributed by atoms with van der Waals surface area (Å²) >= 11 is 0. The maximum atomic E-state index is 12.4. The van der Waals surface area contributed by atoms with Crippen molar-refractivity contribution in [3.63, 3.8) is 0 Å². The van der Waals surface area contributed by atoms with E-state index in [9.17, 15) is 4.79 Å². The number of aryl methyl sites for hydroxylation is 2. The highest BCUT2D eigenvalue weighted by Gasteiger charge is 2.11. The molecule has 142 valence electrons. The van der Waals surface area contributed by atoms with Crippen LogP contribution in [0.2, 0.25) is 0 Å². The van der Waals surface area contributed by atoms with Crippen LogP contribution in [-0.2, 0) is 13.2 Å². The van der Waals surface area contributed by atoms with Gasteiger partial charge in [-0.15, -0.1) is 0 Å². The summed E-state index contributed by atoms with van der Waals surface area (Å²) in [5, 5.41) is 6.78. The van der Waals surface area contributed by atoms with E-state index in [1.165, 1.54) is 0 Å². The van der Waals surface area contributed by atoms with Gasteiger partial charge >= 0.3 is 0 Å². The molecule has 2 aromatic carbocycles. The molecule has 0 fully saturated rings. The van der Waals surface area contributed by atoms with Crippen molar-refractivity contribution in [1.82, 2.24) is 20.4 Å². The van der Waals surface area contributed by atoms with Crippen molar-refractivity contribution in [3.05, 3.63) is 76.9 Å². The average Bonchev–Trinajstić information content (AvgIpc) is 3.27. The minimum atomic E-state index is -0.169. The second-order valence-electron chi connectivity index (χ2n) is 6.50. The molecule has 0 unspecified atom stereocenters. The molecule has 0 aliphatic heterocycles. The maximum absolute atomic E-state index is 12.4. The number of nitrogens with zero attached hydrogens (tertiary/aromatic N) is 2. The predicted octanol–water partition coefficient (Wildman–Crippen LogP) is 3.68. The normalized spacial score (nSPS) is 10.9. The minimum absolute atomic E-state index is 0.169. The van der Waals surface area contributed by atoms with Crippen molar-refractivity contribution < 1.29 is 14.1 Å². The molecule has 0 bridgehead atoms. The third-order valence-corrected chi connectivity index (χ3v) is 4.54. The van der Waals surface area contributed by atoms with Gasteiger partial charge < -0.3 is 19.6 Å². The van der Waals surface area contributed by atoms with Gasteiger partial charge in [0.15, 0.2) is 0 Å². The first-order chi connectivity index (χ1) is 13.6. The predicted molar refractivity (Wildman–Crippen MR) is 104 cm³/mol. The average molecular weight is 376 g/mol. The van der Waals surface area contributed by atoms with E-state index in [0.29, 0.717) is 30.3 Å². The number of ether oxygens (including phenoxy) is 1. The highest BCUT2D eigenvalue weighted by molar-refractivity contribution is 5.94. The smallest absolute Gasteiger partial charge is 0.251 e. The fraction of sp³-hybridized carbons (Fsp3) is 0.190. The number of para-hydroxylation sites is 2. The number of carbonyl (C=O) groups excluding carboxylic acids is 1. The Morgan fingerprint density at radius 1 is 1.14 bits per heavy atom. The zero-order valence-electron chi connectivity index (χ0n) is 15.7. The van der Waals surface area contributed by atoms with E-state index in [1.54, 1.807) is 24.3 Å². The van der Waals surface area contributed by atoms with Crippen LogP contribution in [0.5, 0.6) is 5.75 Å². The van der Waals surface area contributed by atoms with Gasteiger partial charge in [0.05, 0.1) is 28.8 Å². The van der Waals surface area contributed by atoms with E-state index < -0.39 is 0 Å². The first-order valence-corrected chi connectivity index (χ1v) is 8.96. The van der Waals surface area contributed by atoms with E-state index >= 15 is 0 Å². The second-order valence-corrected chi connectivity index (χ2v) is 6.50. The molecule has 28 heavy (non-hydrogen) atoms. The van der Waals surface area contributed by atoms with Crippen molar-refractivity contribution in [3.8, 4) is 5.75 Å². The molecule has 2 N–H and O–H groups in total. The summed E-state index contributed by atoms with van der Waals surface area (Å²) in [5.74, 6) is 1.97. The van der Waals surface area contributed by atoms with Gasteiger partial charge in [-0.2, -0.15) is 0 Å². The Morgan fingerprint density at radius 2 is 1.93 bits per heavy atom. The fourth-order valence-electron chi connectivity index (χ4n) is 2.92. The first kappa shape index (κ1) is 17.8. The van der Waals surface area contributed by atoms with Crippen molar-refractivity contribution in [2.24, 2.45) is 0 Å². The zero-order chi connectivity index (χ0) is 19.5. The number of imidazole rings is 1. The van der Waals surface area contributed by atoms with Crippen molar-refractivity contribution >= 4 is 16.9 Å². The highest BCUT2D eigenvalue weighted by Crippen LogP contribution is 2.18. The molecule has 0 aliphatic carbocycles. The Balaban J connectivity index is 1.34. The Labute approximate surface area is 161 Å². The lowest BCUT2D eigenvalue weighted by molar-refractivity contribution is 0.0950.